The summed E-state index contributed by atoms with van der Waals surface area (Å²) in [7, 11) is 1.57. The van der Waals surface area contributed by atoms with Gasteiger partial charge in [-0.2, -0.15) is 0 Å². The first-order valence-electron chi connectivity index (χ1n) is 10.1. The number of benzene rings is 1. The van der Waals surface area contributed by atoms with Crippen molar-refractivity contribution in [3.8, 4) is 5.75 Å². The molecule has 0 spiro atoms. The van der Waals surface area contributed by atoms with Gasteiger partial charge in [-0.25, -0.2) is 9.59 Å². The second kappa shape index (κ2) is 9.54. The van der Waals surface area contributed by atoms with Crippen LogP contribution >= 0.6 is 11.8 Å². The molecule has 1 saturated heterocycles. The number of carbonyl (C=O) groups is 2. The van der Waals surface area contributed by atoms with E-state index in [2.05, 4.69) is 5.32 Å². The molecule has 2 fully saturated rings. The fraction of sp³-hybridized carbons (Fsp3) is 0.619. The van der Waals surface area contributed by atoms with Gasteiger partial charge in [-0.15, -0.1) is 11.8 Å². The summed E-state index contributed by atoms with van der Waals surface area (Å²) >= 11 is 1.70. The Balaban J connectivity index is 1.82. The maximum atomic E-state index is 13.3. The molecule has 7 heteroatoms. The van der Waals surface area contributed by atoms with Gasteiger partial charge in [0.15, 0.2) is 0 Å². The molecule has 2 atom stereocenters. The van der Waals surface area contributed by atoms with E-state index in [1.54, 1.807) is 35.9 Å². The van der Waals surface area contributed by atoms with Crippen LogP contribution in [0.25, 0.3) is 0 Å². The monoisotopic (exact) mass is 406 g/mol. The summed E-state index contributed by atoms with van der Waals surface area (Å²) in [6.07, 6.45) is 5.62. The molecule has 1 aliphatic heterocycles. The van der Waals surface area contributed by atoms with Crippen molar-refractivity contribution in [3.05, 3.63) is 24.3 Å². The Hall–Kier alpha value is -1.89. The average molecular weight is 407 g/mol. The number of anilines is 1. The van der Waals surface area contributed by atoms with E-state index in [4.69, 9.17) is 9.47 Å². The summed E-state index contributed by atoms with van der Waals surface area (Å²) in [4.78, 5) is 27.7. The third-order valence-corrected chi connectivity index (χ3v) is 6.76. The molecule has 0 aromatic heterocycles. The molecule has 1 saturated carbocycles. The summed E-state index contributed by atoms with van der Waals surface area (Å²) in [5.74, 6) is 1.26. The number of esters is 1. The van der Waals surface area contributed by atoms with E-state index in [0.717, 1.165) is 12.8 Å². The summed E-state index contributed by atoms with van der Waals surface area (Å²) in [5.41, 5.74) is 0.602. The summed E-state index contributed by atoms with van der Waals surface area (Å²) in [6, 6.07) is 6.48. The van der Waals surface area contributed by atoms with Gasteiger partial charge in [0.2, 0.25) is 0 Å². The Morgan fingerprint density at radius 2 is 1.89 bits per heavy atom. The predicted molar refractivity (Wildman–Crippen MR) is 112 cm³/mol. The van der Waals surface area contributed by atoms with Crippen LogP contribution in [0.5, 0.6) is 5.75 Å². The van der Waals surface area contributed by atoms with Crippen LogP contribution in [0, 0.1) is 5.92 Å². The highest BCUT2D eigenvalue weighted by Gasteiger charge is 2.46. The number of ether oxygens (including phenoxy) is 2. The first-order chi connectivity index (χ1) is 13.5. The molecule has 1 aliphatic carbocycles. The zero-order valence-corrected chi connectivity index (χ0v) is 17.7. The third-order valence-electron chi connectivity index (χ3n) is 5.29. The Morgan fingerprint density at radius 1 is 1.18 bits per heavy atom. The second-order valence-corrected chi connectivity index (χ2v) is 8.81. The number of hydrogen-bond acceptors (Lipinski definition) is 5. The van der Waals surface area contributed by atoms with Crippen LogP contribution in [0.1, 0.15) is 46.0 Å². The summed E-state index contributed by atoms with van der Waals surface area (Å²) in [6.45, 7) is 3.66. The number of rotatable bonds is 5. The standard InChI is InChI=1S/C21H30N2O4S/c1-14(2)27-20(24)17-13-28-19(15-9-5-4-6-10-15)23(17)21(25)22-16-11-7-8-12-18(16)26-3/h7-8,11-12,14-15,17,19H,4-6,9-10,13H2,1-3H3,(H,22,25). The number of para-hydroxylation sites is 2. The Kier molecular flexibility index (Phi) is 7.10. The first-order valence-corrected chi connectivity index (χ1v) is 11.1. The van der Waals surface area contributed by atoms with Gasteiger partial charge >= 0.3 is 12.0 Å². The molecule has 1 aromatic carbocycles. The zero-order chi connectivity index (χ0) is 20.1. The van der Waals surface area contributed by atoms with E-state index in [1.165, 1.54) is 19.3 Å². The lowest BCUT2D eigenvalue weighted by Crippen LogP contribution is -2.50. The quantitative estimate of drug-likeness (QED) is 0.729. The van der Waals surface area contributed by atoms with Gasteiger partial charge in [-0.1, -0.05) is 31.4 Å². The molecular formula is C21H30N2O4S. The van der Waals surface area contributed by atoms with Crippen LogP contribution in [-0.2, 0) is 9.53 Å². The predicted octanol–water partition coefficient (Wildman–Crippen LogP) is 4.50. The van der Waals surface area contributed by atoms with Gasteiger partial charge in [-0.05, 0) is 44.7 Å². The molecule has 6 nitrogen and oxygen atoms in total. The van der Waals surface area contributed by atoms with Crippen molar-refractivity contribution >= 4 is 29.4 Å². The lowest BCUT2D eigenvalue weighted by atomic mass is 9.88. The second-order valence-electron chi connectivity index (χ2n) is 7.66. The van der Waals surface area contributed by atoms with E-state index >= 15 is 0 Å². The van der Waals surface area contributed by atoms with Crippen molar-refractivity contribution < 1.29 is 19.1 Å². The molecule has 154 valence electrons. The van der Waals surface area contributed by atoms with Crippen LogP contribution in [0.3, 0.4) is 0 Å². The number of urea groups is 1. The van der Waals surface area contributed by atoms with Gasteiger partial charge in [0.05, 0.1) is 24.3 Å². The van der Waals surface area contributed by atoms with E-state index in [-0.39, 0.29) is 23.5 Å². The van der Waals surface area contributed by atoms with Crippen LogP contribution in [0.2, 0.25) is 0 Å². The lowest BCUT2D eigenvalue weighted by Gasteiger charge is -2.35. The number of nitrogens with zero attached hydrogens (tertiary/aromatic N) is 1. The number of amides is 2. The minimum absolute atomic E-state index is 0.000260. The molecule has 1 heterocycles. The fourth-order valence-electron chi connectivity index (χ4n) is 3.99. The molecule has 0 radical (unpaired) electrons. The average Bonchev–Trinajstić information content (AvgIpc) is 3.14. The maximum Gasteiger partial charge on any atom is 0.330 e. The summed E-state index contributed by atoms with van der Waals surface area (Å²) in [5, 5.41) is 2.95. The SMILES string of the molecule is COc1ccccc1NC(=O)N1C(C(=O)OC(C)C)CSC1C1CCCCC1. The molecule has 1 aromatic rings. The van der Waals surface area contributed by atoms with E-state index < -0.39 is 6.04 Å². The smallest absolute Gasteiger partial charge is 0.330 e. The number of thioether (sulfide) groups is 1. The summed E-state index contributed by atoms with van der Waals surface area (Å²) < 4.78 is 10.8. The van der Waals surface area contributed by atoms with Crippen molar-refractivity contribution in [2.75, 3.05) is 18.2 Å². The largest absolute Gasteiger partial charge is 0.495 e. The normalized spacial score (nSPS) is 22.9. The molecule has 2 aliphatic rings. The minimum Gasteiger partial charge on any atom is -0.495 e. The van der Waals surface area contributed by atoms with E-state index in [9.17, 15) is 9.59 Å². The topological polar surface area (TPSA) is 67.9 Å². The van der Waals surface area contributed by atoms with Crippen LogP contribution in [0.4, 0.5) is 10.5 Å². The number of methoxy groups -OCH3 is 1. The molecule has 1 N–H and O–H groups in total. The first kappa shape index (κ1) is 20.8. The lowest BCUT2D eigenvalue weighted by molar-refractivity contribution is -0.151. The van der Waals surface area contributed by atoms with Crippen molar-refractivity contribution in [1.82, 2.24) is 4.90 Å². The van der Waals surface area contributed by atoms with Gasteiger partial charge in [0, 0.05) is 5.75 Å². The number of carbonyl (C=O) groups excluding carboxylic acids is 2. The van der Waals surface area contributed by atoms with Gasteiger partial charge in [0.25, 0.3) is 0 Å². The molecule has 0 bridgehead atoms. The zero-order valence-electron chi connectivity index (χ0n) is 16.8. The van der Waals surface area contributed by atoms with Crippen molar-refractivity contribution in [2.24, 2.45) is 5.92 Å². The highest BCUT2D eigenvalue weighted by atomic mass is 32.2. The Morgan fingerprint density at radius 3 is 2.57 bits per heavy atom. The molecule has 2 amide bonds. The third kappa shape index (κ3) is 4.74. The Bertz CT molecular complexity index is 691. The number of hydrogen-bond donors (Lipinski definition) is 1. The van der Waals surface area contributed by atoms with Crippen LogP contribution in [-0.4, -0.2) is 47.3 Å². The molecule has 3 rings (SSSR count). The highest BCUT2D eigenvalue weighted by Crippen LogP contribution is 2.41. The van der Waals surface area contributed by atoms with Gasteiger partial charge in [-0.3, -0.25) is 4.90 Å². The van der Waals surface area contributed by atoms with Crippen molar-refractivity contribution in [2.45, 2.75) is 63.5 Å². The van der Waals surface area contributed by atoms with Crippen molar-refractivity contribution in [1.29, 1.82) is 0 Å². The molecule has 2 unspecified atom stereocenters. The number of nitrogens with one attached hydrogen (secondary N) is 1. The van der Waals surface area contributed by atoms with Crippen LogP contribution in [0.15, 0.2) is 24.3 Å². The van der Waals surface area contributed by atoms with Gasteiger partial charge in [0.1, 0.15) is 11.8 Å². The Labute approximate surface area is 171 Å². The highest BCUT2D eigenvalue weighted by molar-refractivity contribution is 8.00. The minimum atomic E-state index is -0.561. The maximum absolute atomic E-state index is 13.3. The fourth-order valence-corrected chi connectivity index (χ4v) is 5.61. The van der Waals surface area contributed by atoms with Crippen molar-refractivity contribution in [3.63, 3.8) is 0 Å². The van der Waals surface area contributed by atoms with E-state index in [1.807, 2.05) is 26.0 Å². The van der Waals surface area contributed by atoms with Crippen LogP contribution < -0.4 is 10.1 Å². The molecular weight excluding hydrogens is 376 g/mol. The van der Waals surface area contributed by atoms with E-state index in [0.29, 0.717) is 23.1 Å². The molecule has 28 heavy (non-hydrogen) atoms. The van der Waals surface area contributed by atoms with Gasteiger partial charge < -0.3 is 14.8 Å².